The van der Waals surface area contributed by atoms with E-state index in [0.29, 0.717) is 17.4 Å². The van der Waals surface area contributed by atoms with Crippen LogP contribution in [0, 0.1) is 0 Å². The number of carbonyl (C=O) groups excluding carboxylic acids is 2. The van der Waals surface area contributed by atoms with Gasteiger partial charge in [0.05, 0.1) is 27.7 Å². The summed E-state index contributed by atoms with van der Waals surface area (Å²) < 4.78 is 34.9. The lowest BCUT2D eigenvalue weighted by molar-refractivity contribution is -0.870. The molecule has 0 aliphatic heterocycles. The second-order valence-electron chi connectivity index (χ2n) is 33.7. The molecule has 0 aromatic carbocycles. The summed E-state index contributed by atoms with van der Waals surface area (Å²) in [5.74, 6) is -0.766. The SMILES string of the molecule is CC/C=C\C/C=C\C/C=C\C/C=C\CCCCCCCCCCCCCCCCCCCCCCCCCCCCCCC(=O)OC(COC(=O)CCCCCCCCCCCCCCCCCCCCCCCCCCCCCCCCCCCCCCCCCCC)COP(=O)(O)OCC[N+](C)(C)C. The molecule has 0 aromatic rings. The molecule has 0 aromatic heterocycles. The van der Waals surface area contributed by atoms with Gasteiger partial charge in [-0.05, 0) is 51.4 Å². The maximum absolute atomic E-state index is 13.0. The minimum Gasteiger partial charge on any atom is -0.462 e. The Morgan fingerprint density at radius 2 is 0.538 bits per heavy atom. The predicted octanol–water partition coefficient (Wildman–Crippen LogP) is 32.2. The van der Waals surface area contributed by atoms with Gasteiger partial charge in [-0.2, -0.15) is 0 Å². The molecular weight excluding hydrogens is 1330 g/mol. The zero-order valence-electron chi connectivity index (χ0n) is 72.0. The Balaban J connectivity index is 3.80. The zero-order chi connectivity index (χ0) is 76.8. The number of hydrogen-bond donors (Lipinski definition) is 1. The van der Waals surface area contributed by atoms with Crippen LogP contribution in [0.4, 0.5) is 0 Å². The van der Waals surface area contributed by atoms with Crippen LogP contribution in [-0.4, -0.2) is 74.9 Å². The van der Waals surface area contributed by atoms with E-state index in [2.05, 4.69) is 62.5 Å². The van der Waals surface area contributed by atoms with Crippen molar-refractivity contribution in [3.05, 3.63) is 48.6 Å². The van der Waals surface area contributed by atoms with Crippen molar-refractivity contribution in [3.63, 3.8) is 0 Å². The van der Waals surface area contributed by atoms with Gasteiger partial charge in [0, 0.05) is 12.8 Å². The number of quaternary nitrogens is 1. The Labute approximate surface area is 662 Å². The summed E-state index contributed by atoms with van der Waals surface area (Å²) in [6, 6.07) is 0. The van der Waals surface area contributed by atoms with Gasteiger partial charge in [-0.15, -0.1) is 0 Å². The van der Waals surface area contributed by atoms with Crippen molar-refractivity contribution in [1.82, 2.24) is 0 Å². The Morgan fingerprint density at radius 3 is 0.802 bits per heavy atom. The van der Waals surface area contributed by atoms with Crippen LogP contribution < -0.4 is 0 Å². The standard InChI is InChI=1S/C96H184NO8P/c1-6-8-10-12-14-16-18-20-22-24-26-28-30-32-34-36-38-40-42-44-46-48-50-52-54-56-58-60-62-64-66-68-70-72-74-76-78-80-82-84-86-88-95(98)102-92-94(93-104-106(100,101)103-91-90-97(3,4)5)105-96(99)89-87-85-83-81-79-77-75-73-71-69-67-65-63-61-59-57-55-53-51-49-47-45-43-41-39-37-35-33-31-29-27-25-23-21-19-17-15-13-11-9-7-2/h9,11,15,17,21,23,27,29,94H,6-8,10,12-14,16,18-20,22,24-26,28,30-93H2,1-5H3/p+1/b11-9-,17-15-,23-21-,29-27-. The average molecular weight is 1510 g/mol. The summed E-state index contributed by atoms with van der Waals surface area (Å²) in [6.07, 6.45) is 118. The van der Waals surface area contributed by atoms with Gasteiger partial charge >= 0.3 is 19.8 Å². The van der Waals surface area contributed by atoms with Gasteiger partial charge in [0.1, 0.15) is 19.8 Å². The highest BCUT2D eigenvalue weighted by atomic mass is 31.2. The molecule has 2 atom stereocenters. The first kappa shape index (κ1) is 104. The van der Waals surface area contributed by atoms with E-state index in [1.807, 2.05) is 21.1 Å². The summed E-state index contributed by atoms with van der Waals surface area (Å²) in [5, 5.41) is 0. The number of hydrogen-bond acceptors (Lipinski definition) is 7. The number of rotatable bonds is 90. The van der Waals surface area contributed by atoms with Crippen LogP contribution in [0.15, 0.2) is 48.6 Å². The van der Waals surface area contributed by atoms with Crippen LogP contribution in [0.1, 0.15) is 502 Å². The van der Waals surface area contributed by atoms with E-state index in [-0.39, 0.29) is 25.6 Å². The molecule has 2 unspecified atom stereocenters. The topological polar surface area (TPSA) is 108 Å². The second-order valence-corrected chi connectivity index (χ2v) is 35.2. The number of nitrogens with zero attached hydrogens (tertiary/aromatic N) is 1. The maximum atomic E-state index is 13.0. The third-order valence-corrected chi connectivity index (χ3v) is 22.9. The van der Waals surface area contributed by atoms with Gasteiger partial charge in [0.15, 0.2) is 6.10 Å². The summed E-state index contributed by atoms with van der Waals surface area (Å²) in [7, 11) is 1.51. The van der Waals surface area contributed by atoms with Gasteiger partial charge in [-0.1, -0.05) is 486 Å². The molecule has 10 heteroatoms. The summed E-state index contributed by atoms with van der Waals surface area (Å²) in [6.45, 7) is 4.42. The van der Waals surface area contributed by atoms with Crippen molar-refractivity contribution >= 4 is 19.8 Å². The second kappa shape index (κ2) is 86.9. The van der Waals surface area contributed by atoms with E-state index in [1.165, 1.54) is 411 Å². The summed E-state index contributed by atoms with van der Waals surface area (Å²) >= 11 is 0. The lowest BCUT2D eigenvalue weighted by Gasteiger charge is -2.24. The molecule has 1 N–H and O–H groups in total. The molecule has 0 saturated carbocycles. The molecule has 0 fully saturated rings. The predicted molar refractivity (Wildman–Crippen MR) is 464 cm³/mol. The van der Waals surface area contributed by atoms with Gasteiger partial charge in [0.2, 0.25) is 0 Å². The van der Waals surface area contributed by atoms with Crippen LogP contribution >= 0.6 is 7.82 Å². The first-order valence-corrected chi connectivity index (χ1v) is 48.9. The minimum atomic E-state index is -4.40. The van der Waals surface area contributed by atoms with Crippen LogP contribution in [0.5, 0.6) is 0 Å². The smallest absolute Gasteiger partial charge is 0.462 e. The first-order chi connectivity index (χ1) is 52.0. The number of phosphoric ester groups is 1. The fraction of sp³-hybridized carbons (Fsp3) is 0.896. The average Bonchev–Trinajstić information content (AvgIpc) is 0.908. The highest BCUT2D eigenvalue weighted by molar-refractivity contribution is 7.47. The third kappa shape index (κ3) is 90.9. The monoisotopic (exact) mass is 1510 g/mol. The molecule has 0 spiro atoms. The lowest BCUT2D eigenvalue weighted by atomic mass is 10.0. The highest BCUT2D eigenvalue weighted by Gasteiger charge is 2.27. The molecule has 0 rings (SSSR count). The molecule has 0 bridgehead atoms. The molecule has 106 heavy (non-hydrogen) atoms. The Kier molecular flexibility index (Phi) is 85.3. The molecule has 0 saturated heterocycles. The number of allylic oxidation sites excluding steroid dienone is 8. The summed E-state index contributed by atoms with van der Waals surface area (Å²) in [5.41, 5.74) is 0. The molecule has 0 aliphatic carbocycles. The van der Waals surface area contributed by atoms with Crippen molar-refractivity contribution in [2.75, 3.05) is 47.5 Å². The number of ether oxygens (including phenoxy) is 2. The van der Waals surface area contributed by atoms with E-state index in [4.69, 9.17) is 18.5 Å². The van der Waals surface area contributed by atoms with E-state index in [0.717, 1.165) is 64.2 Å². The lowest BCUT2D eigenvalue weighted by Crippen LogP contribution is -2.37. The number of likely N-dealkylation sites (N-methyl/N-ethyl adjacent to an activating group) is 1. The first-order valence-electron chi connectivity index (χ1n) is 47.4. The number of carbonyl (C=O) groups is 2. The van der Waals surface area contributed by atoms with Crippen molar-refractivity contribution in [2.24, 2.45) is 0 Å². The van der Waals surface area contributed by atoms with Crippen LogP contribution in [0.3, 0.4) is 0 Å². The molecule has 0 aliphatic rings. The normalized spacial score (nSPS) is 13.1. The third-order valence-electron chi connectivity index (χ3n) is 21.9. The quantitative estimate of drug-likeness (QED) is 0.0211. The van der Waals surface area contributed by atoms with Crippen molar-refractivity contribution in [3.8, 4) is 0 Å². The van der Waals surface area contributed by atoms with Crippen molar-refractivity contribution in [2.45, 2.75) is 508 Å². The van der Waals surface area contributed by atoms with E-state index in [9.17, 15) is 19.0 Å². The molecule has 0 heterocycles. The Bertz CT molecular complexity index is 1930. The Hall–Kier alpha value is -2.03. The van der Waals surface area contributed by atoms with Gasteiger partial charge in [0.25, 0.3) is 0 Å². The van der Waals surface area contributed by atoms with Gasteiger partial charge in [-0.25, -0.2) is 4.57 Å². The molecule has 9 nitrogen and oxygen atoms in total. The van der Waals surface area contributed by atoms with Gasteiger partial charge < -0.3 is 18.9 Å². The molecule has 0 radical (unpaired) electrons. The maximum Gasteiger partial charge on any atom is 0.472 e. The molecule has 0 amide bonds. The number of esters is 2. The fourth-order valence-electron chi connectivity index (χ4n) is 14.7. The minimum absolute atomic E-state index is 0.0359. The van der Waals surface area contributed by atoms with E-state index >= 15 is 0 Å². The largest absolute Gasteiger partial charge is 0.472 e. The van der Waals surface area contributed by atoms with Crippen molar-refractivity contribution in [1.29, 1.82) is 0 Å². The fourth-order valence-corrected chi connectivity index (χ4v) is 15.5. The van der Waals surface area contributed by atoms with Gasteiger partial charge in [-0.3, -0.25) is 18.6 Å². The molecule has 626 valence electrons. The van der Waals surface area contributed by atoms with Crippen LogP contribution in [-0.2, 0) is 32.7 Å². The molecular formula is C96H185NO8P+. The number of phosphoric acid groups is 1. The van der Waals surface area contributed by atoms with Crippen LogP contribution in [0.2, 0.25) is 0 Å². The Morgan fingerprint density at radius 1 is 0.302 bits per heavy atom. The number of unbranched alkanes of at least 4 members (excludes halogenated alkanes) is 68. The zero-order valence-corrected chi connectivity index (χ0v) is 72.9. The van der Waals surface area contributed by atoms with E-state index < -0.39 is 26.5 Å². The van der Waals surface area contributed by atoms with E-state index in [1.54, 1.807) is 0 Å². The van der Waals surface area contributed by atoms with Crippen molar-refractivity contribution < 1.29 is 42.1 Å². The van der Waals surface area contributed by atoms with Crippen LogP contribution in [0.25, 0.3) is 0 Å². The summed E-state index contributed by atoms with van der Waals surface area (Å²) in [4.78, 5) is 36.1. The highest BCUT2D eigenvalue weighted by Crippen LogP contribution is 2.43.